The highest BCUT2D eigenvalue weighted by Gasteiger charge is 2.25. The summed E-state index contributed by atoms with van der Waals surface area (Å²) in [7, 11) is 0. The molecule has 0 bridgehead atoms. The van der Waals surface area contributed by atoms with Gasteiger partial charge in [0.1, 0.15) is 11.8 Å². The third kappa shape index (κ3) is 4.22. The Labute approximate surface area is 141 Å². The monoisotopic (exact) mass is 384 g/mol. The van der Waals surface area contributed by atoms with Crippen molar-refractivity contribution < 1.29 is 24.2 Å². The Morgan fingerprint density at radius 1 is 1.43 bits per heavy atom. The number of rotatable bonds is 5. The highest BCUT2D eigenvalue weighted by Crippen LogP contribution is 2.33. The Balaban J connectivity index is 2.22. The maximum atomic E-state index is 12.4. The van der Waals surface area contributed by atoms with E-state index in [2.05, 4.69) is 26.6 Å². The van der Waals surface area contributed by atoms with Gasteiger partial charge in [0, 0.05) is 4.47 Å². The largest absolute Gasteiger partial charge is 0.482 e. The number of fused-ring (bicyclic) bond motifs is 1. The second-order valence-electron chi connectivity index (χ2n) is 5.66. The molecule has 1 heterocycles. The second kappa shape index (κ2) is 6.99. The van der Waals surface area contributed by atoms with Gasteiger partial charge in [0.05, 0.1) is 11.3 Å². The first-order chi connectivity index (χ1) is 10.8. The summed E-state index contributed by atoms with van der Waals surface area (Å²) in [5, 5.41) is 14.4. The zero-order valence-corrected chi connectivity index (χ0v) is 14.3. The van der Waals surface area contributed by atoms with E-state index < -0.39 is 17.9 Å². The predicted octanol–water partition coefficient (Wildman–Crippen LogP) is 2.01. The number of ether oxygens (including phenoxy) is 1. The molecule has 0 saturated heterocycles. The molecule has 0 radical (unpaired) electrons. The number of anilines is 1. The van der Waals surface area contributed by atoms with E-state index in [4.69, 9.17) is 4.74 Å². The summed E-state index contributed by atoms with van der Waals surface area (Å²) in [6, 6.07) is 2.06. The molecule has 1 aromatic carbocycles. The summed E-state index contributed by atoms with van der Waals surface area (Å²) in [4.78, 5) is 34.9. The summed E-state index contributed by atoms with van der Waals surface area (Å²) in [5.41, 5.74) is 0.705. The first kappa shape index (κ1) is 17.3. The molecule has 1 aromatic rings. The third-order valence-corrected chi connectivity index (χ3v) is 3.91. The van der Waals surface area contributed by atoms with E-state index in [0.717, 1.165) is 0 Å². The SMILES string of the molecule is CC(C)CC(NC(=O)c1cc2c(cc1Br)NC(=O)CO2)C(=O)O. The zero-order valence-electron chi connectivity index (χ0n) is 12.7. The molecular weight excluding hydrogens is 368 g/mol. The molecule has 0 fully saturated rings. The molecule has 1 aliphatic rings. The Hall–Kier alpha value is -2.09. The van der Waals surface area contributed by atoms with Crippen LogP contribution in [-0.2, 0) is 9.59 Å². The maximum absolute atomic E-state index is 12.4. The van der Waals surface area contributed by atoms with Crippen molar-refractivity contribution in [2.75, 3.05) is 11.9 Å². The number of nitrogens with one attached hydrogen (secondary N) is 2. The van der Waals surface area contributed by atoms with Crippen LogP contribution in [0.4, 0.5) is 5.69 Å². The molecule has 2 rings (SSSR count). The molecule has 1 atom stereocenters. The second-order valence-corrected chi connectivity index (χ2v) is 6.51. The van der Waals surface area contributed by atoms with Crippen LogP contribution in [0.2, 0.25) is 0 Å². The van der Waals surface area contributed by atoms with Gasteiger partial charge in [-0.05, 0) is 40.4 Å². The quantitative estimate of drug-likeness (QED) is 0.719. The smallest absolute Gasteiger partial charge is 0.326 e. The summed E-state index contributed by atoms with van der Waals surface area (Å²) < 4.78 is 5.71. The topological polar surface area (TPSA) is 105 Å². The molecule has 124 valence electrons. The average Bonchev–Trinajstić information content (AvgIpc) is 2.44. The van der Waals surface area contributed by atoms with E-state index in [1.165, 1.54) is 6.07 Å². The van der Waals surface area contributed by atoms with Gasteiger partial charge < -0.3 is 20.5 Å². The minimum absolute atomic E-state index is 0.124. The molecule has 0 aromatic heterocycles. The molecule has 0 saturated carbocycles. The lowest BCUT2D eigenvalue weighted by Gasteiger charge is -2.20. The number of hydrogen-bond acceptors (Lipinski definition) is 4. The summed E-state index contributed by atoms with van der Waals surface area (Å²) in [6.07, 6.45) is 0.330. The Bertz CT molecular complexity index is 660. The van der Waals surface area contributed by atoms with E-state index in [1.54, 1.807) is 6.07 Å². The lowest BCUT2D eigenvalue weighted by molar-refractivity contribution is -0.139. The Morgan fingerprint density at radius 3 is 2.74 bits per heavy atom. The van der Waals surface area contributed by atoms with E-state index in [0.29, 0.717) is 22.3 Å². The fourth-order valence-electron chi connectivity index (χ4n) is 2.20. The highest BCUT2D eigenvalue weighted by atomic mass is 79.9. The third-order valence-electron chi connectivity index (χ3n) is 3.26. The number of amides is 2. The van der Waals surface area contributed by atoms with Crippen molar-refractivity contribution in [2.24, 2.45) is 5.92 Å². The molecular formula is C15H17BrN2O5. The van der Waals surface area contributed by atoms with Crippen molar-refractivity contribution in [3.05, 3.63) is 22.2 Å². The standard InChI is InChI=1S/C15H17BrN2O5/c1-7(2)3-11(15(21)22)18-14(20)8-4-12-10(5-9(8)16)17-13(19)6-23-12/h4-5,7,11H,3,6H2,1-2H3,(H,17,19)(H,18,20)(H,21,22). The van der Waals surface area contributed by atoms with Gasteiger partial charge in [0.25, 0.3) is 11.8 Å². The van der Waals surface area contributed by atoms with Gasteiger partial charge in [-0.15, -0.1) is 0 Å². The molecule has 23 heavy (non-hydrogen) atoms. The minimum Gasteiger partial charge on any atom is -0.482 e. The van der Waals surface area contributed by atoms with Gasteiger partial charge in [-0.2, -0.15) is 0 Å². The van der Waals surface area contributed by atoms with Crippen LogP contribution in [0.1, 0.15) is 30.6 Å². The number of halogens is 1. The predicted molar refractivity (Wildman–Crippen MR) is 86.6 cm³/mol. The van der Waals surface area contributed by atoms with Crippen molar-refractivity contribution in [3.63, 3.8) is 0 Å². The van der Waals surface area contributed by atoms with Gasteiger partial charge in [-0.3, -0.25) is 9.59 Å². The van der Waals surface area contributed by atoms with Gasteiger partial charge in [-0.25, -0.2) is 4.79 Å². The molecule has 1 aliphatic heterocycles. The van der Waals surface area contributed by atoms with Crippen molar-refractivity contribution >= 4 is 39.4 Å². The summed E-state index contributed by atoms with van der Waals surface area (Å²) >= 11 is 3.26. The number of carbonyl (C=O) groups excluding carboxylic acids is 2. The Morgan fingerprint density at radius 2 is 2.13 bits per heavy atom. The fraction of sp³-hybridized carbons (Fsp3) is 0.400. The lowest BCUT2D eigenvalue weighted by atomic mass is 10.0. The van der Waals surface area contributed by atoms with Crippen LogP contribution < -0.4 is 15.4 Å². The molecule has 7 nitrogen and oxygen atoms in total. The number of carbonyl (C=O) groups is 3. The molecule has 8 heteroatoms. The van der Waals surface area contributed by atoms with Crippen molar-refractivity contribution in [2.45, 2.75) is 26.3 Å². The van der Waals surface area contributed by atoms with Gasteiger partial charge in [-0.1, -0.05) is 13.8 Å². The molecule has 1 unspecified atom stereocenters. The molecule has 2 amide bonds. The van der Waals surface area contributed by atoms with Crippen LogP contribution in [0, 0.1) is 5.92 Å². The van der Waals surface area contributed by atoms with Gasteiger partial charge in [0.2, 0.25) is 0 Å². The summed E-state index contributed by atoms with van der Waals surface area (Å²) in [5.74, 6) is -1.38. The normalized spacial score (nSPS) is 14.5. The lowest BCUT2D eigenvalue weighted by Crippen LogP contribution is -2.41. The van der Waals surface area contributed by atoms with E-state index in [9.17, 15) is 19.5 Å². The highest BCUT2D eigenvalue weighted by molar-refractivity contribution is 9.10. The zero-order chi connectivity index (χ0) is 17.1. The van der Waals surface area contributed by atoms with Crippen LogP contribution in [0.3, 0.4) is 0 Å². The van der Waals surface area contributed by atoms with Crippen molar-refractivity contribution in [1.29, 1.82) is 0 Å². The first-order valence-corrected chi connectivity index (χ1v) is 7.87. The van der Waals surface area contributed by atoms with Crippen LogP contribution in [0.25, 0.3) is 0 Å². The van der Waals surface area contributed by atoms with Gasteiger partial charge in [0.15, 0.2) is 6.61 Å². The molecule has 0 spiro atoms. The van der Waals surface area contributed by atoms with E-state index in [-0.39, 0.29) is 24.0 Å². The minimum atomic E-state index is -1.08. The average molecular weight is 385 g/mol. The Kier molecular flexibility index (Phi) is 5.25. The number of hydrogen-bond donors (Lipinski definition) is 3. The number of carboxylic acids is 1. The summed E-state index contributed by atoms with van der Waals surface area (Å²) in [6.45, 7) is 3.64. The van der Waals surface area contributed by atoms with Crippen molar-refractivity contribution in [1.82, 2.24) is 5.32 Å². The number of aliphatic carboxylic acids is 1. The maximum Gasteiger partial charge on any atom is 0.326 e. The van der Waals surface area contributed by atoms with Crippen LogP contribution in [0.15, 0.2) is 16.6 Å². The fourth-order valence-corrected chi connectivity index (χ4v) is 2.73. The number of benzene rings is 1. The van der Waals surface area contributed by atoms with E-state index in [1.807, 2.05) is 13.8 Å². The van der Waals surface area contributed by atoms with Crippen molar-refractivity contribution in [3.8, 4) is 5.75 Å². The van der Waals surface area contributed by atoms with Gasteiger partial charge >= 0.3 is 5.97 Å². The van der Waals surface area contributed by atoms with Crippen LogP contribution in [-0.4, -0.2) is 35.5 Å². The molecule has 3 N–H and O–H groups in total. The number of carboxylic acid groups (broad SMARTS) is 1. The van der Waals surface area contributed by atoms with Crippen LogP contribution in [0.5, 0.6) is 5.75 Å². The van der Waals surface area contributed by atoms with Crippen LogP contribution >= 0.6 is 15.9 Å². The van der Waals surface area contributed by atoms with E-state index >= 15 is 0 Å². The molecule has 0 aliphatic carbocycles. The first-order valence-electron chi connectivity index (χ1n) is 7.07.